The highest BCUT2D eigenvalue weighted by Gasteiger charge is 2.50. The van der Waals surface area contributed by atoms with Gasteiger partial charge in [-0.3, -0.25) is 19.3 Å². The first-order valence-electron chi connectivity index (χ1n) is 7.42. The maximum absolute atomic E-state index is 12.4. The van der Waals surface area contributed by atoms with Crippen molar-refractivity contribution >= 4 is 17.7 Å². The maximum atomic E-state index is 12.4. The Morgan fingerprint density at radius 3 is 2.10 bits per heavy atom. The summed E-state index contributed by atoms with van der Waals surface area (Å²) in [6, 6.07) is -0.654. The monoisotopic (exact) mass is 276 g/mol. The third kappa shape index (κ3) is 1.96. The molecule has 2 fully saturated rings. The van der Waals surface area contributed by atoms with E-state index in [2.05, 4.69) is 0 Å². The number of nitrogens with zero attached hydrogens (tertiary/aromatic N) is 2. The summed E-state index contributed by atoms with van der Waals surface area (Å²) in [4.78, 5) is 40.2. The lowest BCUT2D eigenvalue weighted by Crippen LogP contribution is -2.49. The van der Waals surface area contributed by atoms with Gasteiger partial charge in [0.25, 0.3) is 0 Å². The number of likely N-dealkylation sites (tertiary alicyclic amines) is 2. The van der Waals surface area contributed by atoms with Gasteiger partial charge in [-0.05, 0) is 32.6 Å². The van der Waals surface area contributed by atoms with Crippen LogP contribution in [-0.4, -0.2) is 46.7 Å². The van der Waals surface area contributed by atoms with Gasteiger partial charge in [-0.1, -0.05) is 12.2 Å². The van der Waals surface area contributed by atoms with Crippen molar-refractivity contribution in [2.45, 2.75) is 38.6 Å². The van der Waals surface area contributed by atoms with Crippen LogP contribution in [-0.2, 0) is 14.4 Å². The summed E-state index contributed by atoms with van der Waals surface area (Å²) >= 11 is 0. The lowest BCUT2D eigenvalue weighted by atomic mass is 9.85. The smallest absolute Gasteiger partial charge is 0.245 e. The van der Waals surface area contributed by atoms with Gasteiger partial charge in [0, 0.05) is 13.1 Å². The first-order valence-corrected chi connectivity index (χ1v) is 7.42. The number of hydrogen-bond donors (Lipinski definition) is 0. The normalized spacial score (nSPS) is 30.9. The van der Waals surface area contributed by atoms with Crippen molar-refractivity contribution in [1.29, 1.82) is 0 Å². The molecule has 108 valence electrons. The van der Waals surface area contributed by atoms with E-state index in [1.54, 1.807) is 11.8 Å². The highest BCUT2D eigenvalue weighted by Crippen LogP contribution is 2.36. The Bertz CT molecular complexity index is 454. The number of hydrogen-bond acceptors (Lipinski definition) is 3. The SMILES string of the molecule is CC(C(=O)N1CCCC1)N1C(=O)C2CC=CCC2C1=O. The number of fused-ring (bicyclic) bond motifs is 1. The summed E-state index contributed by atoms with van der Waals surface area (Å²) < 4.78 is 0. The predicted octanol–water partition coefficient (Wildman–Crippen LogP) is 0.948. The van der Waals surface area contributed by atoms with Gasteiger partial charge < -0.3 is 4.90 Å². The average Bonchev–Trinajstić information content (AvgIpc) is 3.07. The summed E-state index contributed by atoms with van der Waals surface area (Å²) in [6.07, 6.45) is 7.18. The molecule has 3 amide bonds. The Balaban J connectivity index is 1.77. The lowest BCUT2D eigenvalue weighted by molar-refractivity contribution is -0.150. The topological polar surface area (TPSA) is 57.7 Å². The van der Waals surface area contributed by atoms with Crippen molar-refractivity contribution in [2.24, 2.45) is 11.8 Å². The van der Waals surface area contributed by atoms with E-state index < -0.39 is 6.04 Å². The zero-order valence-electron chi connectivity index (χ0n) is 11.7. The van der Waals surface area contributed by atoms with E-state index in [4.69, 9.17) is 0 Å². The molecule has 3 aliphatic rings. The summed E-state index contributed by atoms with van der Waals surface area (Å²) in [5, 5.41) is 0. The fraction of sp³-hybridized carbons (Fsp3) is 0.667. The Kier molecular flexibility index (Phi) is 3.36. The highest BCUT2D eigenvalue weighted by atomic mass is 16.2. The molecule has 20 heavy (non-hydrogen) atoms. The third-order valence-electron chi connectivity index (χ3n) is 4.70. The van der Waals surface area contributed by atoms with Crippen molar-refractivity contribution in [3.8, 4) is 0 Å². The van der Waals surface area contributed by atoms with Gasteiger partial charge in [0.1, 0.15) is 6.04 Å². The molecule has 0 aromatic heterocycles. The van der Waals surface area contributed by atoms with Crippen LogP contribution in [0.5, 0.6) is 0 Å². The molecule has 5 nitrogen and oxygen atoms in total. The largest absolute Gasteiger partial charge is 0.341 e. The van der Waals surface area contributed by atoms with Crippen LogP contribution in [0.25, 0.3) is 0 Å². The molecule has 0 spiro atoms. The summed E-state index contributed by atoms with van der Waals surface area (Å²) in [7, 11) is 0. The number of allylic oxidation sites excluding steroid dienone is 2. The third-order valence-corrected chi connectivity index (χ3v) is 4.70. The van der Waals surface area contributed by atoms with Crippen LogP contribution >= 0.6 is 0 Å². The molecule has 0 radical (unpaired) electrons. The fourth-order valence-electron chi connectivity index (χ4n) is 3.52. The van der Waals surface area contributed by atoms with E-state index in [1.165, 1.54) is 4.90 Å². The van der Waals surface area contributed by atoms with Gasteiger partial charge in [-0.25, -0.2) is 0 Å². The number of imide groups is 1. The summed E-state index contributed by atoms with van der Waals surface area (Å²) in [5.74, 6) is -0.910. The Morgan fingerprint density at radius 1 is 1.10 bits per heavy atom. The van der Waals surface area contributed by atoms with Gasteiger partial charge in [0.15, 0.2) is 0 Å². The Labute approximate surface area is 118 Å². The first-order chi connectivity index (χ1) is 9.61. The van der Waals surface area contributed by atoms with Gasteiger partial charge in [-0.15, -0.1) is 0 Å². The molecular weight excluding hydrogens is 256 g/mol. The van der Waals surface area contributed by atoms with Crippen molar-refractivity contribution < 1.29 is 14.4 Å². The minimum atomic E-state index is -0.654. The minimum absolute atomic E-state index is 0.0872. The molecule has 0 bridgehead atoms. The number of carbonyl (C=O) groups is 3. The van der Waals surface area contributed by atoms with Crippen molar-refractivity contribution in [3.63, 3.8) is 0 Å². The molecule has 0 aromatic rings. The molecule has 2 saturated heterocycles. The Hall–Kier alpha value is -1.65. The predicted molar refractivity (Wildman–Crippen MR) is 72.5 cm³/mol. The van der Waals surface area contributed by atoms with Crippen LogP contribution < -0.4 is 0 Å². The number of rotatable bonds is 2. The summed E-state index contributed by atoms with van der Waals surface area (Å²) in [5.41, 5.74) is 0. The van der Waals surface area contributed by atoms with Gasteiger partial charge in [0.05, 0.1) is 11.8 Å². The van der Waals surface area contributed by atoms with E-state index >= 15 is 0 Å². The zero-order valence-corrected chi connectivity index (χ0v) is 11.7. The van der Waals surface area contributed by atoms with Crippen LogP contribution in [0, 0.1) is 11.8 Å². The molecule has 2 heterocycles. The standard InChI is InChI=1S/C15H20N2O3/c1-10(13(18)16-8-4-5-9-16)17-14(19)11-6-2-3-7-12(11)15(17)20/h2-3,10-12H,4-9H2,1H3. The van der Waals surface area contributed by atoms with Crippen LogP contribution in [0.1, 0.15) is 32.6 Å². The van der Waals surface area contributed by atoms with Crippen molar-refractivity contribution in [3.05, 3.63) is 12.2 Å². The minimum Gasteiger partial charge on any atom is -0.341 e. The van der Waals surface area contributed by atoms with E-state index in [-0.39, 0.29) is 29.6 Å². The second-order valence-corrected chi connectivity index (χ2v) is 5.91. The Morgan fingerprint density at radius 2 is 1.60 bits per heavy atom. The first kappa shape index (κ1) is 13.3. The van der Waals surface area contributed by atoms with Crippen LogP contribution in [0.4, 0.5) is 0 Å². The zero-order chi connectivity index (χ0) is 14.3. The second-order valence-electron chi connectivity index (χ2n) is 5.91. The fourth-order valence-corrected chi connectivity index (χ4v) is 3.52. The lowest BCUT2D eigenvalue weighted by Gasteiger charge is -2.26. The second kappa shape index (κ2) is 5.04. The number of amides is 3. The molecule has 3 rings (SSSR count). The van der Waals surface area contributed by atoms with E-state index in [0.717, 1.165) is 25.9 Å². The molecular formula is C15H20N2O3. The van der Waals surface area contributed by atoms with E-state index in [9.17, 15) is 14.4 Å². The van der Waals surface area contributed by atoms with E-state index in [1.807, 2.05) is 12.2 Å². The number of carbonyl (C=O) groups excluding carboxylic acids is 3. The molecule has 0 N–H and O–H groups in total. The average molecular weight is 276 g/mol. The van der Waals surface area contributed by atoms with Crippen molar-refractivity contribution in [2.75, 3.05) is 13.1 Å². The molecule has 0 aromatic carbocycles. The van der Waals surface area contributed by atoms with Gasteiger partial charge in [0.2, 0.25) is 17.7 Å². The molecule has 3 unspecified atom stereocenters. The van der Waals surface area contributed by atoms with Gasteiger partial charge >= 0.3 is 0 Å². The molecule has 5 heteroatoms. The van der Waals surface area contributed by atoms with Crippen LogP contribution in [0.2, 0.25) is 0 Å². The van der Waals surface area contributed by atoms with Crippen molar-refractivity contribution in [1.82, 2.24) is 9.80 Å². The maximum Gasteiger partial charge on any atom is 0.245 e. The van der Waals surface area contributed by atoms with E-state index in [0.29, 0.717) is 12.8 Å². The molecule has 3 atom stereocenters. The van der Waals surface area contributed by atoms with Crippen LogP contribution in [0.3, 0.4) is 0 Å². The summed E-state index contributed by atoms with van der Waals surface area (Å²) in [6.45, 7) is 3.17. The highest BCUT2D eigenvalue weighted by molar-refractivity contribution is 6.08. The van der Waals surface area contributed by atoms with Gasteiger partial charge in [-0.2, -0.15) is 0 Å². The van der Waals surface area contributed by atoms with Crippen LogP contribution in [0.15, 0.2) is 12.2 Å². The molecule has 0 saturated carbocycles. The molecule has 2 aliphatic heterocycles. The quantitative estimate of drug-likeness (QED) is 0.557. The molecule has 1 aliphatic carbocycles.